The first-order valence-corrected chi connectivity index (χ1v) is 7.61. The number of hydrogen-bond acceptors (Lipinski definition) is 3. The van der Waals surface area contributed by atoms with Crippen LogP contribution in [0.2, 0.25) is 0 Å². The van der Waals surface area contributed by atoms with Crippen molar-refractivity contribution in [2.24, 2.45) is 0 Å². The second-order valence-corrected chi connectivity index (χ2v) is 5.50. The molecular weight excluding hydrogens is 307 g/mol. The molecule has 0 aliphatic heterocycles. The second-order valence-electron chi connectivity index (χ2n) is 5.50. The van der Waals surface area contributed by atoms with Crippen LogP contribution in [0, 0.1) is 5.82 Å². The molecule has 0 aliphatic rings. The Balaban J connectivity index is 1.88. The number of fused-ring (bicyclic) bond motifs is 1. The van der Waals surface area contributed by atoms with E-state index in [2.05, 4.69) is 0 Å². The molecule has 3 rings (SSSR count). The Morgan fingerprint density at radius 3 is 2.25 bits per heavy atom. The van der Waals surface area contributed by atoms with Gasteiger partial charge in [-0.1, -0.05) is 36.4 Å². The maximum absolute atomic E-state index is 13.0. The van der Waals surface area contributed by atoms with E-state index in [1.54, 1.807) is 25.1 Å². The third kappa shape index (κ3) is 3.23. The number of ether oxygens (including phenoxy) is 2. The zero-order valence-corrected chi connectivity index (χ0v) is 13.5. The Labute approximate surface area is 139 Å². The van der Waals surface area contributed by atoms with E-state index in [0.717, 1.165) is 16.3 Å². The molecular formula is C20H17FO3. The fraction of sp³-hybridized carbons (Fsp3) is 0.150. The lowest BCUT2D eigenvalue weighted by Gasteiger charge is -2.15. The van der Waals surface area contributed by atoms with Crippen molar-refractivity contribution in [3.63, 3.8) is 0 Å². The lowest BCUT2D eigenvalue weighted by atomic mass is 10.1. The highest BCUT2D eigenvalue weighted by molar-refractivity contribution is 5.98. The number of esters is 1. The summed E-state index contributed by atoms with van der Waals surface area (Å²) >= 11 is 0. The van der Waals surface area contributed by atoms with Crippen molar-refractivity contribution in [2.45, 2.75) is 13.0 Å². The monoisotopic (exact) mass is 324 g/mol. The SMILES string of the molecule is COc1cc2ccccc2cc1C(=O)O[C@@H](C)c1ccc(F)cc1. The van der Waals surface area contributed by atoms with Gasteiger partial charge >= 0.3 is 5.97 Å². The fourth-order valence-corrected chi connectivity index (χ4v) is 2.57. The van der Waals surface area contributed by atoms with Crippen LogP contribution in [0.4, 0.5) is 4.39 Å². The van der Waals surface area contributed by atoms with Crippen molar-refractivity contribution in [1.29, 1.82) is 0 Å². The quantitative estimate of drug-likeness (QED) is 0.640. The van der Waals surface area contributed by atoms with E-state index in [-0.39, 0.29) is 5.82 Å². The van der Waals surface area contributed by atoms with E-state index in [4.69, 9.17) is 9.47 Å². The van der Waals surface area contributed by atoms with Crippen molar-refractivity contribution in [1.82, 2.24) is 0 Å². The highest BCUT2D eigenvalue weighted by Crippen LogP contribution is 2.28. The van der Waals surface area contributed by atoms with E-state index in [1.807, 2.05) is 30.3 Å². The number of benzene rings is 3. The summed E-state index contributed by atoms with van der Waals surface area (Å²) in [6.45, 7) is 1.75. The molecule has 0 saturated carbocycles. The van der Waals surface area contributed by atoms with Gasteiger partial charge in [-0.25, -0.2) is 9.18 Å². The molecule has 4 heteroatoms. The van der Waals surface area contributed by atoms with Crippen molar-refractivity contribution >= 4 is 16.7 Å². The van der Waals surface area contributed by atoms with Crippen LogP contribution in [0.25, 0.3) is 10.8 Å². The maximum Gasteiger partial charge on any atom is 0.342 e. The Morgan fingerprint density at radius 2 is 1.62 bits per heavy atom. The van der Waals surface area contributed by atoms with Crippen LogP contribution in [0.3, 0.4) is 0 Å². The molecule has 0 unspecified atom stereocenters. The van der Waals surface area contributed by atoms with Crippen molar-refractivity contribution in [3.8, 4) is 5.75 Å². The third-order valence-electron chi connectivity index (χ3n) is 3.91. The number of halogens is 1. The molecule has 3 aromatic carbocycles. The van der Waals surface area contributed by atoms with E-state index >= 15 is 0 Å². The molecule has 0 N–H and O–H groups in total. The standard InChI is InChI=1S/C20H17FO3/c1-13(14-7-9-17(21)10-8-14)24-20(22)18-11-15-5-3-4-6-16(15)12-19(18)23-2/h3-13H,1-2H3/t13-/m0/s1. The fourth-order valence-electron chi connectivity index (χ4n) is 2.57. The van der Waals surface area contributed by atoms with Crippen molar-refractivity contribution in [2.75, 3.05) is 7.11 Å². The molecule has 0 aromatic heterocycles. The van der Waals surface area contributed by atoms with E-state index in [9.17, 15) is 9.18 Å². The number of rotatable bonds is 4. The summed E-state index contributed by atoms with van der Waals surface area (Å²) in [7, 11) is 1.52. The van der Waals surface area contributed by atoms with Gasteiger partial charge in [0.1, 0.15) is 23.2 Å². The Bertz CT molecular complexity index is 872. The van der Waals surface area contributed by atoms with Gasteiger partial charge in [0.15, 0.2) is 0 Å². The van der Waals surface area contributed by atoms with Gasteiger partial charge in [-0.3, -0.25) is 0 Å². The number of hydrogen-bond donors (Lipinski definition) is 0. The highest BCUT2D eigenvalue weighted by atomic mass is 19.1. The van der Waals surface area contributed by atoms with Crippen LogP contribution in [0.1, 0.15) is 28.9 Å². The smallest absolute Gasteiger partial charge is 0.342 e. The zero-order chi connectivity index (χ0) is 17.1. The molecule has 0 bridgehead atoms. The summed E-state index contributed by atoms with van der Waals surface area (Å²) in [5, 5.41) is 1.91. The average molecular weight is 324 g/mol. The lowest BCUT2D eigenvalue weighted by Crippen LogP contribution is -2.10. The van der Waals surface area contributed by atoms with Crippen LogP contribution in [0.5, 0.6) is 5.75 Å². The van der Waals surface area contributed by atoms with Crippen molar-refractivity contribution in [3.05, 3.63) is 77.6 Å². The summed E-state index contributed by atoms with van der Waals surface area (Å²) in [5.41, 5.74) is 1.09. The van der Waals surface area contributed by atoms with Gasteiger partial charge in [-0.15, -0.1) is 0 Å². The minimum absolute atomic E-state index is 0.325. The van der Waals surface area contributed by atoms with Crippen LogP contribution < -0.4 is 4.74 Å². The lowest BCUT2D eigenvalue weighted by molar-refractivity contribution is 0.0334. The Kier molecular flexibility index (Phi) is 4.47. The topological polar surface area (TPSA) is 35.5 Å². The molecule has 3 aromatic rings. The highest BCUT2D eigenvalue weighted by Gasteiger charge is 2.18. The van der Waals surface area contributed by atoms with E-state index in [1.165, 1.54) is 19.2 Å². The van der Waals surface area contributed by atoms with E-state index < -0.39 is 12.1 Å². The molecule has 24 heavy (non-hydrogen) atoms. The Morgan fingerprint density at radius 1 is 1.00 bits per heavy atom. The predicted molar refractivity (Wildman–Crippen MR) is 90.7 cm³/mol. The van der Waals surface area contributed by atoms with Crippen LogP contribution in [-0.4, -0.2) is 13.1 Å². The van der Waals surface area contributed by atoms with Gasteiger partial charge in [0, 0.05) is 0 Å². The number of carbonyl (C=O) groups is 1. The van der Waals surface area contributed by atoms with Gasteiger partial charge in [0.25, 0.3) is 0 Å². The molecule has 1 atom stereocenters. The molecule has 0 heterocycles. The molecule has 0 amide bonds. The van der Waals surface area contributed by atoms with Gasteiger partial charge < -0.3 is 9.47 Å². The first-order valence-electron chi connectivity index (χ1n) is 7.61. The van der Waals surface area contributed by atoms with Gasteiger partial charge in [0.05, 0.1) is 7.11 Å². The first-order chi connectivity index (χ1) is 11.6. The second kappa shape index (κ2) is 6.71. The van der Waals surface area contributed by atoms with Crippen LogP contribution in [-0.2, 0) is 4.74 Å². The molecule has 0 fully saturated rings. The molecule has 0 radical (unpaired) electrons. The minimum atomic E-state index is -0.491. The normalized spacial score (nSPS) is 12.0. The average Bonchev–Trinajstić information content (AvgIpc) is 2.61. The summed E-state index contributed by atoms with van der Waals surface area (Å²) in [5.74, 6) is -0.340. The van der Waals surface area contributed by atoms with Gasteiger partial charge in [-0.05, 0) is 47.5 Å². The summed E-state index contributed by atoms with van der Waals surface area (Å²) in [6, 6.07) is 17.2. The summed E-state index contributed by atoms with van der Waals surface area (Å²) in [4.78, 5) is 12.5. The van der Waals surface area contributed by atoms with E-state index in [0.29, 0.717) is 11.3 Å². The summed E-state index contributed by atoms with van der Waals surface area (Å²) < 4.78 is 23.8. The predicted octanol–water partition coefficient (Wildman–Crippen LogP) is 4.91. The zero-order valence-electron chi connectivity index (χ0n) is 13.5. The third-order valence-corrected chi connectivity index (χ3v) is 3.91. The van der Waals surface area contributed by atoms with Crippen LogP contribution >= 0.6 is 0 Å². The Hall–Kier alpha value is -2.88. The van der Waals surface area contributed by atoms with Crippen LogP contribution in [0.15, 0.2) is 60.7 Å². The molecule has 0 spiro atoms. The summed E-state index contributed by atoms with van der Waals surface area (Å²) in [6.07, 6.45) is -0.491. The maximum atomic E-state index is 13.0. The largest absolute Gasteiger partial charge is 0.496 e. The molecule has 122 valence electrons. The number of carbonyl (C=O) groups excluding carboxylic acids is 1. The molecule has 3 nitrogen and oxygen atoms in total. The number of methoxy groups -OCH3 is 1. The molecule has 0 saturated heterocycles. The van der Waals surface area contributed by atoms with Gasteiger partial charge in [-0.2, -0.15) is 0 Å². The first kappa shape index (κ1) is 16.0. The molecule has 0 aliphatic carbocycles. The van der Waals surface area contributed by atoms with Gasteiger partial charge in [0.2, 0.25) is 0 Å². The van der Waals surface area contributed by atoms with Crippen molar-refractivity contribution < 1.29 is 18.7 Å². The minimum Gasteiger partial charge on any atom is -0.496 e.